The van der Waals surface area contributed by atoms with Crippen LogP contribution in [0, 0.1) is 6.92 Å². The monoisotopic (exact) mass is 486 g/mol. The zero-order valence-corrected chi connectivity index (χ0v) is 19.5. The van der Waals surface area contributed by atoms with Crippen molar-refractivity contribution in [1.82, 2.24) is 4.57 Å². The number of fused-ring (bicyclic) bond motifs is 1. The summed E-state index contributed by atoms with van der Waals surface area (Å²) >= 11 is 12.1. The van der Waals surface area contributed by atoms with Crippen molar-refractivity contribution in [3.05, 3.63) is 94.1 Å². The van der Waals surface area contributed by atoms with Gasteiger partial charge < -0.3 is 9.88 Å². The number of anilines is 1. The van der Waals surface area contributed by atoms with Gasteiger partial charge in [-0.2, -0.15) is 0 Å². The Labute approximate surface area is 196 Å². The lowest BCUT2D eigenvalue weighted by atomic mass is 10.1. The van der Waals surface area contributed by atoms with E-state index in [-0.39, 0.29) is 23.1 Å². The van der Waals surface area contributed by atoms with Gasteiger partial charge in [-0.15, -0.1) is 0 Å². The van der Waals surface area contributed by atoms with Crippen molar-refractivity contribution in [2.75, 3.05) is 5.32 Å². The summed E-state index contributed by atoms with van der Waals surface area (Å²) in [5, 5.41) is 4.12. The van der Waals surface area contributed by atoms with Crippen molar-refractivity contribution < 1.29 is 13.2 Å². The summed E-state index contributed by atoms with van der Waals surface area (Å²) in [7, 11) is -3.64. The predicted molar refractivity (Wildman–Crippen MR) is 129 cm³/mol. The average Bonchev–Trinajstić information content (AvgIpc) is 3.12. The minimum Gasteiger partial charge on any atom is -0.337 e. The van der Waals surface area contributed by atoms with Gasteiger partial charge in [-0.05, 0) is 42.3 Å². The van der Waals surface area contributed by atoms with Crippen LogP contribution in [0.2, 0.25) is 10.0 Å². The molecule has 0 radical (unpaired) electrons. The van der Waals surface area contributed by atoms with Crippen LogP contribution in [-0.4, -0.2) is 18.9 Å². The van der Waals surface area contributed by atoms with Gasteiger partial charge in [-0.3, -0.25) is 4.79 Å². The molecule has 0 saturated carbocycles. The van der Waals surface area contributed by atoms with Crippen LogP contribution in [0.4, 0.5) is 5.69 Å². The van der Waals surface area contributed by atoms with Crippen LogP contribution in [0.1, 0.15) is 11.1 Å². The fourth-order valence-corrected chi connectivity index (χ4v) is 5.61. The summed E-state index contributed by atoms with van der Waals surface area (Å²) < 4.78 is 28.2. The van der Waals surface area contributed by atoms with Crippen molar-refractivity contribution >= 4 is 55.5 Å². The Morgan fingerprint density at radius 3 is 2.50 bits per heavy atom. The fourth-order valence-electron chi connectivity index (χ4n) is 3.58. The number of nitrogens with zero attached hydrogens (tertiary/aromatic N) is 1. The van der Waals surface area contributed by atoms with Gasteiger partial charge in [0, 0.05) is 22.1 Å². The smallest absolute Gasteiger partial charge is 0.244 e. The van der Waals surface area contributed by atoms with E-state index in [1.807, 2.05) is 37.3 Å². The number of aryl methyl sites for hydroxylation is 1. The SMILES string of the molecule is Cc1ccccc1CS(=O)(=O)c1cn(CC(=O)Nc2cc(Cl)ccc2Cl)c2ccccc12. The molecule has 0 aliphatic heterocycles. The molecular formula is C24H20Cl2N2O3S. The molecule has 4 aromatic rings. The molecule has 4 rings (SSSR count). The first-order chi connectivity index (χ1) is 15.2. The average molecular weight is 487 g/mol. The number of carbonyl (C=O) groups is 1. The van der Waals surface area contributed by atoms with E-state index in [0.29, 0.717) is 26.6 Å². The molecule has 3 aromatic carbocycles. The van der Waals surface area contributed by atoms with E-state index in [1.54, 1.807) is 41.0 Å². The highest BCUT2D eigenvalue weighted by atomic mass is 35.5. The lowest BCUT2D eigenvalue weighted by Crippen LogP contribution is -2.18. The number of benzene rings is 3. The van der Waals surface area contributed by atoms with E-state index in [4.69, 9.17) is 23.2 Å². The third-order valence-electron chi connectivity index (χ3n) is 5.21. The number of sulfone groups is 1. The fraction of sp³-hybridized carbons (Fsp3) is 0.125. The van der Waals surface area contributed by atoms with Gasteiger partial charge in [0.15, 0.2) is 9.84 Å². The predicted octanol–water partition coefficient (Wildman–Crippen LogP) is 5.87. The standard InChI is InChI=1S/C24H20Cl2N2O3S/c1-16-6-2-3-7-17(16)15-32(30,31)23-13-28(22-9-5-4-8-19(22)23)14-24(29)27-21-12-18(25)10-11-20(21)26/h2-13H,14-15H2,1H3,(H,27,29). The van der Waals surface area contributed by atoms with Gasteiger partial charge >= 0.3 is 0 Å². The summed E-state index contributed by atoms with van der Waals surface area (Å²) in [6.07, 6.45) is 1.53. The highest BCUT2D eigenvalue weighted by Crippen LogP contribution is 2.29. The maximum atomic E-state index is 13.3. The first-order valence-electron chi connectivity index (χ1n) is 9.84. The van der Waals surface area contributed by atoms with Gasteiger partial charge in [-0.25, -0.2) is 8.42 Å². The van der Waals surface area contributed by atoms with Gasteiger partial charge in [0.05, 0.1) is 21.4 Å². The lowest BCUT2D eigenvalue weighted by Gasteiger charge is -2.09. The van der Waals surface area contributed by atoms with Crippen molar-refractivity contribution in [2.24, 2.45) is 0 Å². The van der Waals surface area contributed by atoms with E-state index < -0.39 is 9.84 Å². The number of aromatic nitrogens is 1. The van der Waals surface area contributed by atoms with Crippen molar-refractivity contribution in [3.63, 3.8) is 0 Å². The van der Waals surface area contributed by atoms with Crippen molar-refractivity contribution in [2.45, 2.75) is 24.1 Å². The Bertz CT molecular complexity index is 1430. The van der Waals surface area contributed by atoms with E-state index >= 15 is 0 Å². The first-order valence-corrected chi connectivity index (χ1v) is 12.3. The number of halogens is 2. The first kappa shape index (κ1) is 22.4. The quantitative estimate of drug-likeness (QED) is 0.370. The molecule has 8 heteroatoms. The van der Waals surface area contributed by atoms with E-state index in [2.05, 4.69) is 5.32 Å². The van der Waals surface area contributed by atoms with Crippen LogP contribution in [0.25, 0.3) is 10.9 Å². The number of amides is 1. The molecule has 0 bridgehead atoms. The van der Waals surface area contributed by atoms with Crippen LogP contribution in [-0.2, 0) is 26.9 Å². The minimum absolute atomic E-state index is 0.0801. The van der Waals surface area contributed by atoms with Crippen LogP contribution in [0.5, 0.6) is 0 Å². The molecule has 0 fully saturated rings. The molecule has 0 saturated heterocycles. The van der Waals surface area contributed by atoms with Crippen LogP contribution in [0.3, 0.4) is 0 Å². The van der Waals surface area contributed by atoms with Crippen LogP contribution in [0.15, 0.2) is 77.8 Å². The molecule has 0 unspecified atom stereocenters. The maximum Gasteiger partial charge on any atom is 0.244 e. The lowest BCUT2D eigenvalue weighted by molar-refractivity contribution is -0.116. The molecule has 5 nitrogen and oxygen atoms in total. The van der Waals surface area contributed by atoms with Gasteiger partial charge in [-0.1, -0.05) is 65.7 Å². The summed E-state index contributed by atoms with van der Waals surface area (Å²) in [5.41, 5.74) is 2.71. The second-order valence-corrected chi connectivity index (χ2v) is 10.3. The molecule has 1 heterocycles. The number of rotatable bonds is 6. The normalized spacial score (nSPS) is 11.6. The number of para-hydroxylation sites is 1. The second kappa shape index (κ2) is 8.98. The summed E-state index contributed by atoms with van der Waals surface area (Å²) in [4.78, 5) is 12.9. The molecular weight excluding hydrogens is 467 g/mol. The number of hydrogen-bond acceptors (Lipinski definition) is 3. The molecule has 1 amide bonds. The Kier molecular flexibility index (Phi) is 6.29. The van der Waals surface area contributed by atoms with E-state index in [0.717, 1.165) is 11.1 Å². The Hall–Kier alpha value is -2.80. The molecule has 0 atom stereocenters. The highest BCUT2D eigenvalue weighted by Gasteiger charge is 2.23. The number of hydrogen-bond donors (Lipinski definition) is 1. The van der Waals surface area contributed by atoms with Crippen LogP contribution < -0.4 is 5.32 Å². The summed E-state index contributed by atoms with van der Waals surface area (Å²) in [6, 6.07) is 19.3. The highest BCUT2D eigenvalue weighted by molar-refractivity contribution is 7.90. The Morgan fingerprint density at radius 2 is 1.72 bits per heavy atom. The van der Waals surface area contributed by atoms with Gasteiger partial charge in [0.1, 0.15) is 6.54 Å². The Morgan fingerprint density at radius 1 is 1.00 bits per heavy atom. The summed E-state index contributed by atoms with van der Waals surface area (Å²) in [6.45, 7) is 1.81. The third-order valence-corrected chi connectivity index (χ3v) is 7.46. The minimum atomic E-state index is -3.64. The Balaban J connectivity index is 1.66. The van der Waals surface area contributed by atoms with Gasteiger partial charge in [0.25, 0.3) is 0 Å². The molecule has 0 aliphatic carbocycles. The maximum absolute atomic E-state index is 13.3. The zero-order valence-electron chi connectivity index (χ0n) is 17.2. The second-order valence-electron chi connectivity index (χ2n) is 7.50. The molecule has 1 N–H and O–H groups in total. The molecule has 0 spiro atoms. The number of nitrogens with one attached hydrogen (secondary N) is 1. The zero-order chi connectivity index (χ0) is 22.9. The van der Waals surface area contributed by atoms with Gasteiger partial charge in [0.2, 0.25) is 5.91 Å². The number of carbonyl (C=O) groups excluding carboxylic acids is 1. The van der Waals surface area contributed by atoms with Crippen molar-refractivity contribution in [1.29, 1.82) is 0 Å². The van der Waals surface area contributed by atoms with Crippen LogP contribution >= 0.6 is 23.2 Å². The van der Waals surface area contributed by atoms with E-state index in [1.165, 1.54) is 6.20 Å². The molecule has 164 valence electrons. The third kappa shape index (κ3) is 4.67. The largest absolute Gasteiger partial charge is 0.337 e. The molecule has 0 aliphatic rings. The van der Waals surface area contributed by atoms with E-state index in [9.17, 15) is 13.2 Å². The molecule has 1 aromatic heterocycles. The van der Waals surface area contributed by atoms with Crippen molar-refractivity contribution in [3.8, 4) is 0 Å². The molecule has 32 heavy (non-hydrogen) atoms. The summed E-state index contributed by atoms with van der Waals surface area (Å²) in [5.74, 6) is -0.462. The topological polar surface area (TPSA) is 68.2 Å².